The molecule has 1 atom stereocenters. The standard InChI is InChI=1S/C11H13NO2/c1-2-10(13)8-14-11-5-3-9(7-12)4-6-11/h3-6,10,13H,2,8H2,1H3. The van der Waals surface area contributed by atoms with E-state index in [1.54, 1.807) is 24.3 Å². The third kappa shape index (κ3) is 3.08. The lowest BCUT2D eigenvalue weighted by Gasteiger charge is -2.09. The Morgan fingerprint density at radius 2 is 2.07 bits per heavy atom. The Morgan fingerprint density at radius 3 is 2.57 bits per heavy atom. The van der Waals surface area contributed by atoms with Gasteiger partial charge in [-0.1, -0.05) is 6.92 Å². The van der Waals surface area contributed by atoms with Gasteiger partial charge in [-0.05, 0) is 30.7 Å². The first-order chi connectivity index (χ1) is 6.76. The van der Waals surface area contributed by atoms with Crippen molar-refractivity contribution in [3.63, 3.8) is 0 Å². The van der Waals surface area contributed by atoms with E-state index in [9.17, 15) is 5.11 Å². The number of hydrogen-bond acceptors (Lipinski definition) is 3. The van der Waals surface area contributed by atoms with Crippen molar-refractivity contribution in [1.82, 2.24) is 0 Å². The first-order valence-electron chi connectivity index (χ1n) is 4.57. The summed E-state index contributed by atoms with van der Waals surface area (Å²) in [5.41, 5.74) is 0.605. The third-order valence-corrected chi connectivity index (χ3v) is 1.90. The van der Waals surface area contributed by atoms with Crippen molar-refractivity contribution in [1.29, 1.82) is 5.26 Å². The van der Waals surface area contributed by atoms with Crippen LogP contribution in [0.1, 0.15) is 18.9 Å². The van der Waals surface area contributed by atoms with Crippen molar-refractivity contribution in [2.45, 2.75) is 19.4 Å². The molecule has 3 heteroatoms. The lowest BCUT2D eigenvalue weighted by atomic mass is 10.2. The molecule has 0 aromatic heterocycles. The van der Waals surface area contributed by atoms with E-state index >= 15 is 0 Å². The van der Waals surface area contributed by atoms with Gasteiger partial charge in [0.2, 0.25) is 0 Å². The molecule has 0 radical (unpaired) electrons. The largest absolute Gasteiger partial charge is 0.491 e. The van der Waals surface area contributed by atoms with Crippen LogP contribution in [0.5, 0.6) is 5.75 Å². The van der Waals surface area contributed by atoms with E-state index in [0.717, 1.165) is 0 Å². The van der Waals surface area contributed by atoms with Crippen LogP contribution in [0.3, 0.4) is 0 Å². The highest BCUT2D eigenvalue weighted by Crippen LogP contribution is 2.11. The molecule has 74 valence electrons. The van der Waals surface area contributed by atoms with Gasteiger partial charge >= 0.3 is 0 Å². The first kappa shape index (κ1) is 10.6. The molecule has 0 saturated heterocycles. The average molecular weight is 191 g/mol. The van der Waals surface area contributed by atoms with Crippen LogP contribution in [0.15, 0.2) is 24.3 Å². The number of nitrogens with zero attached hydrogens (tertiary/aromatic N) is 1. The summed E-state index contributed by atoms with van der Waals surface area (Å²) in [6.45, 7) is 2.19. The monoisotopic (exact) mass is 191 g/mol. The summed E-state index contributed by atoms with van der Waals surface area (Å²) in [6, 6.07) is 8.85. The van der Waals surface area contributed by atoms with Gasteiger partial charge in [0.25, 0.3) is 0 Å². The maximum atomic E-state index is 9.24. The van der Waals surface area contributed by atoms with Crippen LogP contribution in [-0.4, -0.2) is 17.8 Å². The van der Waals surface area contributed by atoms with Gasteiger partial charge in [0.15, 0.2) is 0 Å². The molecule has 0 aliphatic rings. The van der Waals surface area contributed by atoms with Crippen molar-refractivity contribution in [3.05, 3.63) is 29.8 Å². The van der Waals surface area contributed by atoms with Crippen molar-refractivity contribution in [2.75, 3.05) is 6.61 Å². The van der Waals surface area contributed by atoms with E-state index in [1.165, 1.54) is 0 Å². The fourth-order valence-electron chi connectivity index (χ4n) is 0.936. The second-order valence-corrected chi connectivity index (χ2v) is 3.01. The van der Waals surface area contributed by atoms with E-state index in [4.69, 9.17) is 10.00 Å². The molecule has 0 aliphatic heterocycles. The summed E-state index contributed by atoms with van der Waals surface area (Å²) in [4.78, 5) is 0. The quantitative estimate of drug-likeness (QED) is 0.788. The number of aliphatic hydroxyl groups excluding tert-OH is 1. The maximum absolute atomic E-state index is 9.24. The molecule has 0 aliphatic carbocycles. The molecule has 0 saturated carbocycles. The molecule has 1 rings (SSSR count). The summed E-state index contributed by atoms with van der Waals surface area (Å²) in [6.07, 6.45) is 0.252. The number of aliphatic hydroxyl groups is 1. The molecule has 0 heterocycles. The molecule has 1 unspecified atom stereocenters. The predicted molar refractivity (Wildman–Crippen MR) is 52.9 cm³/mol. The zero-order valence-corrected chi connectivity index (χ0v) is 8.10. The third-order valence-electron chi connectivity index (χ3n) is 1.90. The Bertz CT molecular complexity index is 313. The number of benzene rings is 1. The van der Waals surface area contributed by atoms with Crippen LogP contribution in [0.4, 0.5) is 0 Å². The minimum atomic E-state index is -0.425. The van der Waals surface area contributed by atoms with Crippen LogP contribution in [-0.2, 0) is 0 Å². The van der Waals surface area contributed by atoms with Gasteiger partial charge in [-0.15, -0.1) is 0 Å². The van der Waals surface area contributed by atoms with Crippen molar-refractivity contribution in [2.24, 2.45) is 0 Å². The van der Waals surface area contributed by atoms with E-state index in [2.05, 4.69) is 0 Å². The molecule has 0 fully saturated rings. The minimum Gasteiger partial charge on any atom is -0.491 e. The van der Waals surface area contributed by atoms with Gasteiger partial charge in [-0.25, -0.2) is 0 Å². The molecule has 3 nitrogen and oxygen atoms in total. The molecule has 1 N–H and O–H groups in total. The highest BCUT2D eigenvalue weighted by Gasteiger charge is 2.01. The van der Waals surface area contributed by atoms with Crippen LogP contribution < -0.4 is 4.74 Å². The molecular weight excluding hydrogens is 178 g/mol. The summed E-state index contributed by atoms with van der Waals surface area (Å²) in [7, 11) is 0. The lowest BCUT2D eigenvalue weighted by Crippen LogP contribution is -2.15. The first-order valence-corrected chi connectivity index (χ1v) is 4.57. The number of ether oxygens (including phenoxy) is 1. The molecule has 1 aromatic rings. The summed E-state index contributed by atoms with van der Waals surface area (Å²) >= 11 is 0. The van der Waals surface area contributed by atoms with E-state index < -0.39 is 6.10 Å². The minimum absolute atomic E-state index is 0.294. The fourth-order valence-corrected chi connectivity index (χ4v) is 0.936. The summed E-state index contributed by atoms with van der Waals surface area (Å²) < 4.78 is 5.30. The zero-order chi connectivity index (χ0) is 10.4. The van der Waals surface area contributed by atoms with Gasteiger partial charge in [0.05, 0.1) is 17.7 Å². The number of hydrogen-bond donors (Lipinski definition) is 1. The number of rotatable bonds is 4. The molecule has 14 heavy (non-hydrogen) atoms. The lowest BCUT2D eigenvalue weighted by molar-refractivity contribution is 0.104. The normalized spacial score (nSPS) is 11.8. The SMILES string of the molecule is CCC(O)COc1ccc(C#N)cc1. The van der Waals surface area contributed by atoms with E-state index in [0.29, 0.717) is 24.3 Å². The Hall–Kier alpha value is -1.53. The Balaban J connectivity index is 2.49. The van der Waals surface area contributed by atoms with Crippen molar-refractivity contribution in [3.8, 4) is 11.8 Å². The second-order valence-electron chi connectivity index (χ2n) is 3.01. The van der Waals surface area contributed by atoms with Crippen LogP contribution in [0.2, 0.25) is 0 Å². The van der Waals surface area contributed by atoms with Gasteiger partial charge < -0.3 is 9.84 Å². The zero-order valence-electron chi connectivity index (χ0n) is 8.10. The Kier molecular flexibility index (Phi) is 3.96. The maximum Gasteiger partial charge on any atom is 0.119 e. The van der Waals surface area contributed by atoms with Gasteiger partial charge in [-0.3, -0.25) is 0 Å². The predicted octanol–water partition coefficient (Wildman–Crippen LogP) is 1.71. The highest BCUT2D eigenvalue weighted by molar-refractivity contribution is 5.34. The molecule has 0 bridgehead atoms. The molecule has 0 spiro atoms. The number of nitriles is 1. The molecule has 0 amide bonds. The van der Waals surface area contributed by atoms with Gasteiger partial charge in [0, 0.05) is 0 Å². The van der Waals surface area contributed by atoms with Gasteiger partial charge in [0.1, 0.15) is 12.4 Å². The Morgan fingerprint density at radius 1 is 1.43 bits per heavy atom. The van der Waals surface area contributed by atoms with Gasteiger partial charge in [-0.2, -0.15) is 5.26 Å². The van der Waals surface area contributed by atoms with Crippen LogP contribution in [0.25, 0.3) is 0 Å². The average Bonchev–Trinajstić information content (AvgIpc) is 2.26. The topological polar surface area (TPSA) is 53.2 Å². The Labute approximate surface area is 83.6 Å². The van der Waals surface area contributed by atoms with Crippen LogP contribution in [0, 0.1) is 11.3 Å². The highest BCUT2D eigenvalue weighted by atomic mass is 16.5. The second kappa shape index (κ2) is 5.25. The molecule has 1 aromatic carbocycles. The summed E-state index contributed by atoms with van der Waals surface area (Å²) in [5.74, 6) is 0.677. The fraction of sp³-hybridized carbons (Fsp3) is 0.364. The van der Waals surface area contributed by atoms with E-state index in [1.807, 2.05) is 13.0 Å². The molecular formula is C11H13NO2. The van der Waals surface area contributed by atoms with Crippen molar-refractivity contribution < 1.29 is 9.84 Å². The smallest absolute Gasteiger partial charge is 0.119 e. The van der Waals surface area contributed by atoms with Crippen LogP contribution >= 0.6 is 0 Å². The van der Waals surface area contributed by atoms with E-state index in [-0.39, 0.29) is 0 Å². The van der Waals surface area contributed by atoms with Crippen molar-refractivity contribution >= 4 is 0 Å². The summed E-state index contributed by atoms with van der Waals surface area (Å²) in [5, 5.41) is 17.8.